The molecule has 1 aliphatic heterocycles. The Morgan fingerprint density at radius 3 is 2.96 bits per heavy atom. The molecule has 0 saturated carbocycles. The van der Waals surface area contributed by atoms with E-state index in [0.717, 1.165) is 31.3 Å². The lowest BCUT2D eigenvalue weighted by Gasteiger charge is -2.35. The summed E-state index contributed by atoms with van der Waals surface area (Å²) in [7, 11) is 0. The summed E-state index contributed by atoms with van der Waals surface area (Å²) in [6, 6.07) is 10.1. The van der Waals surface area contributed by atoms with Gasteiger partial charge in [-0.3, -0.25) is 10.00 Å². The van der Waals surface area contributed by atoms with Crippen LogP contribution >= 0.6 is 0 Å². The highest BCUT2D eigenvalue weighted by Crippen LogP contribution is 2.22. The van der Waals surface area contributed by atoms with Crippen LogP contribution in [0.25, 0.3) is 11.0 Å². The summed E-state index contributed by atoms with van der Waals surface area (Å²) in [5, 5.41) is 10.8. The van der Waals surface area contributed by atoms with Gasteiger partial charge in [0.1, 0.15) is 18.3 Å². The van der Waals surface area contributed by atoms with Crippen LogP contribution in [0.4, 0.5) is 10.2 Å². The molecule has 4 rings (SSSR count). The number of nitrogens with zero attached hydrogens (tertiary/aromatic N) is 4. The second kappa shape index (κ2) is 7.14. The van der Waals surface area contributed by atoms with Crippen LogP contribution in [-0.4, -0.2) is 56.9 Å². The molecule has 1 fully saturated rings. The molecule has 0 spiro atoms. The Hall–Kier alpha value is -2.54. The van der Waals surface area contributed by atoms with Gasteiger partial charge in [0.05, 0.1) is 17.6 Å². The number of H-pyrrole nitrogens is 1. The normalized spacial score (nSPS) is 21.5. The molecule has 1 saturated heterocycles. The van der Waals surface area contributed by atoms with Gasteiger partial charge < -0.3 is 5.32 Å². The molecule has 7 heteroatoms. The predicted octanol–water partition coefficient (Wildman–Crippen LogP) is 2.42. The van der Waals surface area contributed by atoms with E-state index < -0.39 is 6.17 Å². The number of hydrogen-bond donors (Lipinski definition) is 2. The number of benzene rings is 1. The summed E-state index contributed by atoms with van der Waals surface area (Å²) in [6.07, 6.45) is 3.90. The van der Waals surface area contributed by atoms with E-state index in [0.29, 0.717) is 18.0 Å². The molecule has 0 radical (unpaired) electrons. The molecular weight excluding hydrogens is 319 g/mol. The van der Waals surface area contributed by atoms with Crippen molar-refractivity contribution in [2.75, 3.05) is 25.0 Å². The number of likely N-dealkylation sites (tertiary alicyclic amines) is 1. The molecular formula is C18H21FN6. The highest BCUT2D eigenvalue weighted by Gasteiger charge is 2.29. The van der Waals surface area contributed by atoms with Gasteiger partial charge in [0.2, 0.25) is 0 Å². The lowest BCUT2D eigenvalue weighted by molar-refractivity contribution is 0.127. The van der Waals surface area contributed by atoms with Gasteiger partial charge in [-0.15, -0.1) is 0 Å². The molecule has 0 amide bonds. The Balaban J connectivity index is 1.34. The summed E-state index contributed by atoms with van der Waals surface area (Å²) < 4.78 is 14.7. The quantitative estimate of drug-likeness (QED) is 0.746. The molecule has 2 aromatic heterocycles. The van der Waals surface area contributed by atoms with Crippen molar-refractivity contribution in [3.63, 3.8) is 0 Å². The number of hydrogen-bond acceptors (Lipinski definition) is 5. The number of rotatable bonds is 5. The van der Waals surface area contributed by atoms with Crippen molar-refractivity contribution >= 4 is 16.9 Å². The van der Waals surface area contributed by atoms with Crippen LogP contribution in [0.3, 0.4) is 0 Å². The molecule has 3 aromatic rings. The first-order valence-corrected chi connectivity index (χ1v) is 8.60. The molecule has 130 valence electrons. The fourth-order valence-electron chi connectivity index (χ4n) is 3.32. The van der Waals surface area contributed by atoms with Gasteiger partial charge >= 0.3 is 0 Å². The smallest absolute Gasteiger partial charge is 0.160 e. The standard InChI is InChI=1S/C18H21FN6/c19-15-11-25(8-6-13-4-2-1-3-5-13)9-7-16(15)23-17-14-10-22-24-18(14)21-12-20-17/h1-5,10,12,15-16H,6-9,11H2,(H2,20,21,22,23,24)/t15-,16+/m0/s1. The van der Waals surface area contributed by atoms with Gasteiger partial charge in [-0.25, -0.2) is 14.4 Å². The van der Waals surface area contributed by atoms with Crippen LogP contribution < -0.4 is 5.32 Å². The summed E-state index contributed by atoms with van der Waals surface area (Å²) in [4.78, 5) is 10.5. The van der Waals surface area contributed by atoms with Crippen molar-refractivity contribution in [2.24, 2.45) is 0 Å². The van der Waals surface area contributed by atoms with Gasteiger partial charge in [-0.05, 0) is 18.4 Å². The van der Waals surface area contributed by atoms with Crippen LogP contribution in [0.2, 0.25) is 0 Å². The molecule has 25 heavy (non-hydrogen) atoms. The van der Waals surface area contributed by atoms with E-state index in [2.05, 4.69) is 42.5 Å². The van der Waals surface area contributed by atoms with E-state index in [-0.39, 0.29) is 6.04 Å². The maximum absolute atomic E-state index is 14.7. The number of nitrogens with one attached hydrogen (secondary N) is 2. The Morgan fingerprint density at radius 2 is 2.12 bits per heavy atom. The van der Waals surface area contributed by atoms with E-state index >= 15 is 0 Å². The first-order chi connectivity index (χ1) is 12.3. The first kappa shape index (κ1) is 16.0. The summed E-state index contributed by atoms with van der Waals surface area (Å²) in [5.74, 6) is 0.643. The second-order valence-electron chi connectivity index (χ2n) is 6.45. The highest BCUT2D eigenvalue weighted by molar-refractivity contribution is 5.85. The average molecular weight is 340 g/mol. The average Bonchev–Trinajstić information content (AvgIpc) is 3.13. The van der Waals surface area contributed by atoms with E-state index in [1.165, 1.54) is 11.9 Å². The zero-order chi connectivity index (χ0) is 17.1. The van der Waals surface area contributed by atoms with Crippen molar-refractivity contribution in [1.82, 2.24) is 25.1 Å². The van der Waals surface area contributed by atoms with E-state index in [1.807, 2.05) is 18.2 Å². The maximum Gasteiger partial charge on any atom is 0.160 e. The zero-order valence-electron chi connectivity index (χ0n) is 13.9. The highest BCUT2D eigenvalue weighted by atomic mass is 19.1. The molecule has 1 aromatic carbocycles. The van der Waals surface area contributed by atoms with Crippen molar-refractivity contribution < 1.29 is 4.39 Å². The van der Waals surface area contributed by atoms with Crippen molar-refractivity contribution in [2.45, 2.75) is 25.1 Å². The zero-order valence-corrected chi connectivity index (χ0v) is 13.9. The third-order valence-electron chi connectivity index (χ3n) is 4.76. The van der Waals surface area contributed by atoms with Crippen molar-refractivity contribution in [3.8, 4) is 0 Å². The number of aromatic amines is 1. The topological polar surface area (TPSA) is 69.7 Å². The molecule has 2 atom stereocenters. The summed E-state index contributed by atoms with van der Waals surface area (Å²) in [5.41, 5.74) is 1.95. The lowest BCUT2D eigenvalue weighted by atomic mass is 10.0. The van der Waals surface area contributed by atoms with Crippen molar-refractivity contribution in [3.05, 3.63) is 48.4 Å². The van der Waals surface area contributed by atoms with Crippen molar-refractivity contribution in [1.29, 1.82) is 0 Å². The maximum atomic E-state index is 14.7. The van der Waals surface area contributed by atoms with Crippen LogP contribution in [0.1, 0.15) is 12.0 Å². The van der Waals surface area contributed by atoms with E-state index in [1.54, 1.807) is 6.20 Å². The number of piperidine rings is 1. The number of fused-ring (bicyclic) bond motifs is 1. The van der Waals surface area contributed by atoms with Crippen LogP contribution in [0.5, 0.6) is 0 Å². The number of alkyl halides is 1. The lowest BCUT2D eigenvalue weighted by Crippen LogP contribution is -2.48. The number of aromatic nitrogens is 4. The minimum Gasteiger partial charge on any atom is -0.364 e. The Morgan fingerprint density at radius 1 is 1.24 bits per heavy atom. The fraction of sp³-hybridized carbons (Fsp3) is 0.389. The molecule has 2 N–H and O–H groups in total. The second-order valence-corrected chi connectivity index (χ2v) is 6.45. The summed E-state index contributed by atoms with van der Waals surface area (Å²) >= 11 is 0. The number of halogens is 1. The Kier molecular flexibility index (Phi) is 4.56. The largest absolute Gasteiger partial charge is 0.364 e. The first-order valence-electron chi connectivity index (χ1n) is 8.60. The van der Waals surface area contributed by atoms with E-state index in [9.17, 15) is 4.39 Å². The SMILES string of the molecule is F[C@H]1CN(CCc2ccccc2)CC[C@H]1Nc1ncnc2[nH]ncc12. The minimum absolute atomic E-state index is 0.235. The van der Waals surface area contributed by atoms with Crippen LogP contribution in [-0.2, 0) is 6.42 Å². The molecule has 0 unspecified atom stereocenters. The predicted molar refractivity (Wildman–Crippen MR) is 95.2 cm³/mol. The number of anilines is 1. The van der Waals surface area contributed by atoms with Gasteiger partial charge in [-0.1, -0.05) is 30.3 Å². The molecule has 0 bridgehead atoms. The molecule has 6 nitrogen and oxygen atoms in total. The summed E-state index contributed by atoms with van der Waals surface area (Å²) in [6.45, 7) is 2.21. The van der Waals surface area contributed by atoms with Gasteiger partial charge in [-0.2, -0.15) is 5.10 Å². The van der Waals surface area contributed by atoms with Crippen LogP contribution in [0.15, 0.2) is 42.9 Å². The molecule has 0 aliphatic carbocycles. The van der Waals surface area contributed by atoms with E-state index in [4.69, 9.17) is 0 Å². The Labute approximate surface area is 145 Å². The fourth-order valence-corrected chi connectivity index (χ4v) is 3.32. The third-order valence-corrected chi connectivity index (χ3v) is 4.76. The van der Waals surface area contributed by atoms with Gasteiger partial charge in [0.15, 0.2) is 5.65 Å². The minimum atomic E-state index is -0.929. The molecule has 1 aliphatic rings. The molecule has 3 heterocycles. The third kappa shape index (κ3) is 3.61. The van der Waals surface area contributed by atoms with Crippen LogP contribution in [0, 0.1) is 0 Å². The van der Waals surface area contributed by atoms with Gasteiger partial charge in [0, 0.05) is 19.6 Å². The van der Waals surface area contributed by atoms with Gasteiger partial charge in [0.25, 0.3) is 0 Å². The monoisotopic (exact) mass is 340 g/mol. The Bertz CT molecular complexity index is 821.